The number of aromatic amines is 1. The molecule has 0 aliphatic rings. The van der Waals surface area contributed by atoms with Crippen molar-refractivity contribution in [3.05, 3.63) is 58.4 Å². The van der Waals surface area contributed by atoms with Crippen molar-refractivity contribution in [1.29, 1.82) is 0 Å². The van der Waals surface area contributed by atoms with Crippen molar-refractivity contribution in [3.8, 4) is 5.75 Å². The first-order valence-corrected chi connectivity index (χ1v) is 8.91. The first-order chi connectivity index (χ1) is 12.9. The maximum Gasteiger partial charge on any atom is 0.277 e. The molecule has 142 valence electrons. The molecule has 2 heterocycles. The molecule has 0 spiro atoms. The van der Waals surface area contributed by atoms with Crippen molar-refractivity contribution in [1.82, 2.24) is 15.0 Å². The van der Waals surface area contributed by atoms with Gasteiger partial charge in [0.2, 0.25) is 0 Å². The lowest BCUT2D eigenvalue weighted by Gasteiger charge is -2.20. The Labute approximate surface area is 157 Å². The van der Waals surface area contributed by atoms with Gasteiger partial charge in [-0.1, -0.05) is 13.8 Å². The van der Waals surface area contributed by atoms with Crippen LogP contribution in [0, 0.1) is 11.7 Å². The molecule has 1 N–H and O–H groups in total. The van der Waals surface area contributed by atoms with E-state index in [4.69, 9.17) is 4.74 Å². The molecule has 2 aromatic heterocycles. The van der Waals surface area contributed by atoms with E-state index in [1.165, 1.54) is 18.5 Å². The molecule has 3 aromatic rings. The molecule has 0 fully saturated rings. The molecule has 27 heavy (non-hydrogen) atoms. The quantitative estimate of drug-likeness (QED) is 0.689. The zero-order valence-corrected chi connectivity index (χ0v) is 15.7. The number of hydrogen-bond donors (Lipinski definition) is 1. The van der Waals surface area contributed by atoms with Gasteiger partial charge in [0.25, 0.3) is 5.56 Å². The van der Waals surface area contributed by atoms with E-state index in [1.54, 1.807) is 18.2 Å². The number of H-pyrrole nitrogens is 1. The van der Waals surface area contributed by atoms with Gasteiger partial charge >= 0.3 is 0 Å². The number of nitrogens with zero attached hydrogens (tertiary/aromatic N) is 3. The van der Waals surface area contributed by atoms with E-state index in [2.05, 4.69) is 28.8 Å². The summed E-state index contributed by atoms with van der Waals surface area (Å²) in [6, 6.07) is 8.05. The van der Waals surface area contributed by atoms with Crippen molar-refractivity contribution in [3.63, 3.8) is 0 Å². The lowest BCUT2D eigenvalue weighted by atomic mass is 10.1. The van der Waals surface area contributed by atoms with Crippen LogP contribution in [-0.4, -0.2) is 28.6 Å². The second-order valence-corrected chi connectivity index (χ2v) is 6.91. The second-order valence-electron chi connectivity index (χ2n) is 6.91. The van der Waals surface area contributed by atoms with E-state index in [0.29, 0.717) is 36.2 Å². The highest BCUT2D eigenvalue weighted by atomic mass is 19.1. The van der Waals surface area contributed by atoms with Gasteiger partial charge in [-0.25, -0.2) is 14.4 Å². The molecule has 0 aliphatic carbocycles. The summed E-state index contributed by atoms with van der Waals surface area (Å²) in [7, 11) is 1.83. The Morgan fingerprint density at radius 3 is 2.85 bits per heavy atom. The number of nitrogens with one attached hydrogen (secondary N) is 1. The Kier molecular flexibility index (Phi) is 5.69. The minimum absolute atomic E-state index is 0.273. The van der Waals surface area contributed by atoms with Crippen LogP contribution in [0.15, 0.2) is 41.5 Å². The molecule has 3 rings (SSSR count). The van der Waals surface area contributed by atoms with E-state index in [0.717, 1.165) is 12.0 Å². The minimum atomic E-state index is -0.318. The molecular weight excluding hydrogens is 347 g/mol. The Morgan fingerprint density at radius 1 is 1.26 bits per heavy atom. The molecule has 0 amide bonds. The van der Waals surface area contributed by atoms with Crippen LogP contribution in [0.4, 0.5) is 10.2 Å². The summed E-state index contributed by atoms with van der Waals surface area (Å²) >= 11 is 0. The Morgan fingerprint density at radius 2 is 2.07 bits per heavy atom. The van der Waals surface area contributed by atoms with E-state index in [9.17, 15) is 9.18 Å². The molecule has 7 heteroatoms. The Hall–Kier alpha value is -2.96. The fourth-order valence-corrected chi connectivity index (χ4v) is 2.71. The fourth-order valence-electron chi connectivity index (χ4n) is 2.71. The Balaban J connectivity index is 1.83. The van der Waals surface area contributed by atoms with Crippen molar-refractivity contribution < 1.29 is 9.13 Å². The topological polar surface area (TPSA) is 71.1 Å². The average Bonchev–Trinajstić information content (AvgIpc) is 2.63. The lowest BCUT2D eigenvalue weighted by Crippen LogP contribution is -2.20. The number of hydrogen-bond acceptors (Lipinski definition) is 5. The first kappa shape index (κ1) is 18.8. The molecule has 0 aliphatic heterocycles. The van der Waals surface area contributed by atoms with Gasteiger partial charge < -0.3 is 14.6 Å². The van der Waals surface area contributed by atoms with Crippen molar-refractivity contribution in [2.75, 3.05) is 18.6 Å². The van der Waals surface area contributed by atoms with E-state index < -0.39 is 0 Å². The van der Waals surface area contributed by atoms with Gasteiger partial charge in [-0.2, -0.15) is 0 Å². The fraction of sp³-hybridized carbons (Fsp3) is 0.350. The summed E-state index contributed by atoms with van der Waals surface area (Å²) < 4.78 is 19.6. The molecular formula is C20H23FN4O2. The number of aromatic nitrogens is 3. The van der Waals surface area contributed by atoms with Crippen LogP contribution in [0.3, 0.4) is 0 Å². The first-order valence-electron chi connectivity index (χ1n) is 8.91. The van der Waals surface area contributed by atoms with Gasteiger partial charge in [0.1, 0.15) is 17.4 Å². The van der Waals surface area contributed by atoms with Gasteiger partial charge in [-0.15, -0.1) is 0 Å². The predicted molar refractivity (Wildman–Crippen MR) is 104 cm³/mol. The molecule has 0 radical (unpaired) electrons. The minimum Gasteiger partial charge on any atom is -0.493 e. The lowest BCUT2D eigenvalue weighted by molar-refractivity contribution is 0.286. The molecule has 0 unspecified atom stereocenters. The largest absolute Gasteiger partial charge is 0.493 e. The van der Waals surface area contributed by atoms with Gasteiger partial charge in [0.05, 0.1) is 18.5 Å². The van der Waals surface area contributed by atoms with Crippen molar-refractivity contribution >= 4 is 16.9 Å². The summed E-state index contributed by atoms with van der Waals surface area (Å²) in [4.78, 5) is 24.8. The molecule has 0 saturated heterocycles. The van der Waals surface area contributed by atoms with E-state index in [1.807, 2.05) is 11.9 Å². The zero-order valence-electron chi connectivity index (χ0n) is 15.7. The normalized spacial score (nSPS) is 11.1. The number of benzene rings is 1. The highest BCUT2D eigenvalue weighted by Crippen LogP contribution is 2.24. The number of pyridine rings is 1. The number of ether oxygens (including phenoxy) is 1. The van der Waals surface area contributed by atoms with Gasteiger partial charge in [0.15, 0.2) is 5.52 Å². The van der Waals surface area contributed by atoms with Crippen LogP contribution in [0.2, 0.25) is 0 Å². The SMILES string of the molecule is CC(C)CCOc1ccc(F)cc1CN(C)c1ccc2nc[nH]c(=O)c2n1. The highest BCUT2D eigenvalue weighted by molar-refractivity contribution is 5.74. The molecule has 1 aromatic carbocycles. The van der Waals surface area contributed by atoms with Crippen LogP contribution >= 0.6 is 0 Å². The third-order valence-corrected chi connectivity index (χ3v) is 4.25. The standard InChI is InChI=1S/C20H23FN4O2/c1-13(2)8-9-27-17-6-4-15(21)10-14(17)11-25(3)18-7-5-16-19(24-18)20(26)23-12-22-16/h4-7,10,12-13H,8-9,11H2,1-3H3,(H,22,23,26). The smallest absolute Gasteiger partial charge is 0.277 e. The van der Waals surface area contributed by atoms with Gasteiger partial charge in [0, 0.05) is 19.2 Å². The zero-order chi connectivity index (χ0) is 19.4. The highest BCUT2D eigenvalue weighted by Gasteiger charge is 2.12. The van der Waals surface area contributed by atoms with Crippen LogP contribution in [0.1, 0.15) is 25.8 Å². The van der Waals surface area contributed by atoms with Crippen LogP contribution in [0.5, 0.6) is 5.75 Å². The number of halogens is 1. The van der Waals surface area contributed by atoms with Crippen molar-refractivity contribution in [2.45, 2.75) is 26.8 Å². The third kappa shape index (κ3) is 4.61. The predicted octanol–water partition coefficient (Wildman–Crippen LogP) is 3.52. The molecule has 0 bridgehead atoms. The number of fused-ring (bicyclic) bond motifs is 1. The average molecular weight is 370 g/mol. The third-order valence-electron chi connectivity index (χ3n) is 4.25. The van der Waals surface area contributed by atoms with Crippen LogP contribution in [0.25, 0.3) is 11.0 Å². The monoisotopic (exact) mass is 370 g/mol. The Bertz CT molecular complexity index is 987. The maximum absolute atomic E-state index is 13.8. The summed E-state index contributed by atoms with van der Waals surface area (Å²) in [5, 5.41) is 0. The van der Waals surface area contributed by atoms with E-state index in [-0.39, 0.29) is 16.9 Å². The van der Waals surface area contributed by atoms with Gasteiger partial charge in [-0.05, 0) is 42.7 Å². The summed E-state index contributed by atoms with van der Waals surface area (Å²) in [6.45, 7) is 5.23. The van der Waals surface area contributed by atoms with Crippen molar-refractivity contribution in [2.24, 2.45) is 5.92 Å². The molecule has 0 atom stereocenters. The second kappa shape index (κ2) is 8.16. The number of anilines is 1. The number of rotatable bonds is 7. The maximum atomic E-state index is 13.8. The molecule has 0 saturated carbocycles. The van der Waals surface area contributed by atoms with Crippen LogP contribution in [-0.2, 0) is 6.54 Å². The summed E-state index contributed by atoms with van der Waals surface area (Å²) in [5.74, 6) is 1.47. The summed E-state index contributed by atoms with van der Waals surface area (Å²) in [6.07, 6.45) is 2.28. The summed E-state index contributed by atoms with van der Waals surface area (Å²) in [5.41, 5.74) is 1.23. The van der Waals surface area contributed by atoms with Crippen LogP contribution < -0.4 is 15.2 Å². The van der Waals surface area contributed by atoms with Gasteiger partial charge in [-0.3, -0.25) is 4.79 Å². The molecule has 6 nitrogen and oxygen atoms in total. The van der Waals surface area contributed by atoms with E-state index >= 15 is 0 Å².